The number of phenolic OH excluding ortho intramolecular Hbond substituents is 1. The fourth-order valence-corrected chi connectivity index (χ4v) is 5.97. The highest BCUT2D eigenvalue weighted by atomic mass is 16.6. The first-order valence-electron chi connectivity index (χ1n) is 10.8. The van der Waals surface area contributed by atoms with Gasteiger partial charge in [-0.15, -0.1) is 0 Å². The predicted molar refractivity (Wildman–Crippen MR) is 111 cm³/mol. The van der Waals surface area contributed by atoms with Gasteiger partial charge in [-0.2, -0.15) is 0 Å². The molecule has 4 rings (SSSR count). The lowest BCUT2D eigenvalue weighted by molar-refractivity contribution is -0.146. The Kier molecular flexibility index (Phi) is 5.47. The maximum atomic E-state index is 12.7. The maximum Gasteiger partial charge on any atom is 0.310 e. The predicted octanol–water partition coefficient (Wildman–Crippen LogP) is 3.67. The number of nitrogens with zero attached hydrogens (tertiary/aromatic N) is 1. The molecule has 1 saturated heterocycles. The minimum absolute atomic E-state index is 0.0232. The number of likely N-dealkylation sites (N-methyl/N-ethyl adjacent to an activating group) is 1. The van der Waals surface area contributed by atoms with Crippen molar-refractivity contribution < 1.29 is 19.7 Å². The van der Waals surface area contributed by atoms with Crippen LogP contribution in [0.15, 0.2) is 36.4 Å². The van der Waals surface area contributed by atoms with Gasteiger partial charge in [0.25, 0.3) is 0 Å². The molecule has 2 aliphatic carbocycles. The summed E-state index contributed by atoms with van der Waals surface area (Å²) in [7, 11) is 1.94. The Morgan fingerprint density at radius 1 is 1.34 bits per heavy atom. The van der Waals surface area contributed by atoms with E-state index in [2.05, 4.69) is 13.5 Å². The van der Waals surface area contributed by atoms with Crippen LogP contribution in [0.25, 0.3) is 0 Å². The summed E-state index contributed by atoms with van der Waals surface area (Å²) in [5.74, 6) is 0.684. The van der Waals surface area contributed by atoms with E-state index < -0.39 is 6.10 Å². The van der Waals surface area contributed by atoms with Crippen LogP contribution < -0.4 is 0 Å². The third kappa shape index (κ3) is 3.95. The van der Waals surface area contributed by atoms with Crippen molar-refractivity contribution in [2.24, 2.45) is 23.2 Å². The van der Waals surface area contributed by atoms with Gasteiger partial charge < -0.3 is 19.8 Å². The summed E-state index contributed by atoms with van der Waals surface area (Å²) in [5.41, 5.74) is 2.33. The number of allylic oxidation sites excluding steroid dienone is 1. The molecule has 0 bridgehead atoms. The summed E-state index contributed by atoms with van der Waals surface area (Å²) in [6.07, 6.45) is 4.79. The number of carbonyl (C=O) groups is 1. The molecule has 5 nitrogen and oxygen atoms in total. The smallest absolute Gasteiger partial charge is 0.310 e. The average molecular weight is 400 g/mol. The zero-order valence-corrected chi connectivity index (χ0v) is 17.5. The van der Waals surface area contributed by atoms with E-state index in [1.807, 2.05) is 11.9 Å². The molecule has 158 valence electrons. The van der Waals surface area contributed by atoms with Crippen LogP contribution in [0.3, 0.4) is 0 Å². The summed E-state index contributed by atoms with van der Waals surface area (Å²) >= 11 is 0. The van der Waals surface area contributed by atoms with Crippen LogP contribution in [0.4, 0.5) is 0 Å². The van der Waals surface area contributed by atoms with E-state index in [-0.39, 0.29) is 35.1 Å². The van der Waals surface area contributed by atoms with E-state index in [0.717, 1.165) is 24.8 Å². The maximum absolute atomic E-state index is 12.7. The van der Waals surface area contributed by atoms with Crippen LogP contribution in [-0.4, -0.2) is 47.3 Å². The topological polar surface area (TPSA) is 70.0 Å². The minimum Gasteiger partial charge on any atom is -0.508 e. The number of carbonyl (C=O) groups excluding carboxylic acids is 1. The molecule has 0 radical (unpaired) electrons. The van der Waals surface area contributed by atoms with Gasteiger partial charge in [0, 0.05) is 19.0 Å². The summed E-state index contributed by atoms with van der Waals surface area (Å²) in [6.45, 7) is 7.72. The molecule has 1 heterocycles. The highest BCUT2D eigenvalue weighted by Crippen LogP contribution is 2.56. The molecule has 0 unspecified atom stereocenters. The van der Waals surface area contributed by atoms with Crippen LogP contribution in [0, 0.1) is 23.2 Å². The lowest BCUT2D eigenvalue weighted by atomic mass is 9.55. The fourth-order valence-electron chi connectivity index (χ4n) is 5.97. The minimum atomic E-state index is -0.665. The van der Waals surface area contributed by atoms with Crippen molar-refractivity contribution in [3.05, 3.63) is 42.0 Å². The molecule has 5 heteroatoms. The van der Waals surface area contributed by atoms with Gasteiger partial charge in [0.2, 0.25) is 0 Å². The molecular weight excluding hydrogens is 366 g/mol. The lowest BCUT2D eigenvalue weighted by Crippen LogP contribution is -2.45. The molecular formula is C24H33NO4. The van der Waals surface area contributed by atoms with Crippen LogP contribution in [0.2, 0.25) is 0 Å². The van der Waals surface area contributed by atoms with E-state index in [1.54, 1.807) is 24.3 Å². The standard InChI is InChI=1S/C24H33NO4/c1-15-5-4-10-24(2)12-22-18(11-20(15)24)19(23(28)29-22)13-25(3)14-21(27)16-6-8-17(26)9-7-16/h6-9,18-22,26-27H,1,4-5,10-14H2,2-3H3/t18-,19+,20+,21-,22-,24-/m1/s1. The first-order valence-corrected chi connectivity index (χ1v) is 10.8. The van der Waals surface area contributed by atoms with Gasteiger partial charge in [-0.05, 0) is 68.2 Å². The van der Waals surface area contributed by atoms with Gasteiger partial charge in [-0.1, -0.05) is 31.2 Å². The molecule has 29 heavy (non-hydrogen) atoms. The number of ether oxygens (including phenoxy) is 1. The van der Waals surface area contributed by atoms with E-state index in [4.69, 9.17) is 4.74 Å². The number of benzene rings is 1. The normalized spacial score (nSPS) is 35.2. The Morgan fingerprint density at radius 3 is 2.79 bits per heavy atom. The Bertz CT molecular complexity index is 776. The van der Waals surface area contributed by atoms with E-state index in [0.29, 0.717) is 19.0 Å². The van der Waals surface area contributed by atoms with Crippen molar-refractivity contribution in [3.63, 3.8) is 0 Å². The van der Waals surface area contributed by atoms with Crippen molar-refractivity contribution >= 4 is 5.97 Å². The number of phenols is 1. The van der Waals surface area contributed by atoms with E-state index in [1.165, 1.54) is 18.4 Å². The summed E-state index contributed by atoms with van der Waals surface area (Å²) in [5, 5.41) is 19.9. The van der Waals surface area contributed by atoms with Gasteiger partial charge in [-0.25, -0.2) is 0 Å². The monoisotopic (exact) mass is 399 g/mol. The van der Waals surface area contributed by atoms with Gasteiger partial charge in [0.1, 0.15) is 11.9 Å². The molecule has 0 spiro atoms. The van der Waals surface area contributed by atoms with E-state index in [9.17, 15) is 15.0 Å². The highest BCUT2D eigenvalue weighted by molar-refractivity contribution is 5.75. The van der Waals surface area contributed by atoms with Crippen LogP contribution in [0.5, 0.6) is 5.75 Å². The number of aromatic hydroxyl groups is 1. The largest absolute Gasteiger partial charge is 0.508 e. The van der Waals surface area contributed by atoms with Crippen molar-refractivity contribution in [1.29, 1.82) is 0 Å². The molecule has 3 aliphatic rings. The molecule has 1 aliphatic heterocycles. The molecule has 6 atom stereocenters. The quantitative estimate of drug-likeness (QED) is 0.584. The van der Waals surface area contributed by atoms with Crippen molar-refractivity contribution in [2.75, 3.05) is 20.1 Å². The Hall–Kier alpha value is -1.85. The third-order valence-electron chi connectivity index (χ3n) is 7.59. The second-order valence-electron chi connectivity index (χ2n) is 9.73. The second kappa shape index (κ2) is 7.77. The Balaban J connectivity index is 1.41. The number of hydrogen-bond donors (Lipinski definition) is 2. The lowest BCUT2D eigenvalue weighted by Gasteiger charge is -2.50. The van der Waals surface area contributed by atoms with Crippen molar-refractivity contribution in [1.82, 2.24) is 4.90 Å². The van der Waals surface area contributed by atoms with Crippen molar-refractivity contribution in [2.45, 2.75) is 51.2 Å². The van der Waals surface area contributed by atoms with Crippen LogP contribution in [-0.2, 0) is 9.53 Å². The van der Waals surface area contributed by atoms with Gasteiger partial charge in [0.15, 0.2) is 0 Å². The Labute approximate surface area is 173 Å². The molecule has 0 amide bonds. The zero-order valence-electron chi connectivity index (χ0n) is 17.5. The SMILES string of the molecule is C=C1CCC[C@]2(C)C[C@H]3OC(=O)[C@@H](CN(C)C[C@@H](O)c4ccc(O)cc4)[C@H]3C[C@@H]12. The Morgan fingerprint density at radius 2 is 2.07 bits per heavy atom. The fraction of sp³-hybridized carbons (Fsp3) is 0.625. The molecule has 2 saturated carbocycles. The highest BCUT2D eigenvalue weighted by Gasteiger charge is 2.55. The van der Waals surface area contributed by atoms with Gasteiger partial charge in [-0.3, -0.25) is 4.79 Å². The summed E-state index contributed by atoms with van der Waals surface area (Å²) in [4.78, 5) is 14.7. The summed E-state index contributed by atoms with van der Waals surface area (Å²) in [6, 6.07) is 6.61. The third-order valence-corrected chi connectivity index (χ3v) is 7.59. The number of aliphatic hydroxyl groups excluding tert-OH is 1. The number of fused-ring (bicyclic) bond motifs is 2. The molecule has 1 aromatic rings. The van der Waals surface area contributed by atoms with Crippen molar-refractivity contribution in [3.8, 4) is 5.75 Å². The van der Waals surface area contributed by atoms with Crippen LogP contribution >= 0.6 is 0 Å². The molecule has 1 aromatic carbocycles. The second-order valence-corrected chi connectivity index (χ2v) is 9.73. The number of aliphatic hydroxyl groups is 1. The number of esters is 1. The van der Waals surface area contributed by atoms with Gasteiger partial charge in [0.05, 0.1) is 12.0 Å². The molecule has 3 fully saturated rings. The van der Waals surface area contributed by atoms with E-state index >= 15 is 0 Å². The zero-order chi connectivity index (χ0) is 20.8. The first-order chi connectivity index (χ1) is 13.8. The molecule has 0 aromatic heterocycles. The number of hydrogen-bond acceptors (Lipinski definition) is 5. The molecule has 2 N–H and O–H groups in total. The van der Waals surface area contributed by atoms with Gasteiger partial charge >= 0.3 is 5.97 Å². The summed E-state index contributed by atoms with van der Waals surface area (Å²) < 4.78 is 5.85. The van der Waals surface area contributed by atoms with Crippen LogP contribution in [0.1, 0.15) is 50.7 Å². The first kappa shape index (κ1) is 20.4. The number of rotatable bonds is 5. The average Bonchev–Trinajstić information content (AvgIpc) is 2.94.